The van der Waals surface area contributed by atoms with E-state index in [4.69, 9.17) is 16.3 Å². The number of hydrogen-bond acceptors (Lipinski definition) is 7. The average molecular weight is 415 g/mol. The fourth-order valence-corrected chi connectivity index (χ4v) is 4.29. The fourth-order valence-electron chi connectivity index (χ4n) is 4.12. The summed E-state index contributed by atoms with van der Waals surface area (Å²) in [5.41, 5.74) is 2.94. The quantitative estimate of drug-likeness (QED) is 0.764. The Bertz CT molecular complexity index is 960. The van der Waals surface area contributed by atoms with Gasteiger partial charge in [0.15, 0.2) is 0 Å². The van der Waals surface area contributed by atoms with Crippen LogP contribution in [0.5, 0.6) is 0 Å². The van der Waals surface area contributed by atoms with E-state index in [-0.39, 0.29) is 18.2 Å². The van der Waals surface area contributed by atoms with E-state index < -0.39 is 0 Å². The molecule has 3 aliphatic heterocycles. The Kier molecular flexibility index (Phi) is 4.46. The Balaban J connectivity index is 1.25. The van der Waals surface area contributed by atoms with Gasteiger partial charge in [-0.1, -0.05) is 11.6 Å². The number of carbonyl (C=O) groups excluding carboxylic acids is 1. The van der Waals surface area contributed by atoms with Crippen molar-refractivity contribution in [1.29, 1.82) is 0 Å². The third kappa shape index (κ3) is 3.25. The Labute approximate surface area is 174 Å². The van der Waals surface area contributed by atoms with Crippen molar-refractivity contribution in [3.63, 3.8) is 0 Å². The molecule has 2 aromatic heterocycles. The molecule has 3 aliphatic rings. The molecule has 5 rings (SSSR count). The highest BCUT2D eigenvalue weighted by Gasteiger charge is 2.39. The van der Waals surface area contributed by atoms with Crippen molar-refractivity contribution in [2.45, 2.75) is 39.0 Å². The second-order valence-corrected chi connectivity index (χ2v) is 8.31. The molecule has 0 aromatic carbocycles. The normalized spacial score (nSPS) is 20.9. The van der Waals surface area contributed by atoms with Gasteiger partial charge in [0, 0.05) is 24.8 Å². The molecule has 152 valence electrons. The molecule has 0 spiro atoms. The van der Waals surface area contributed by atoms with Gasteiger partial charge < -0.3 is 14.5 Å². The Morgan fingerprint density at radius 3 is 2.69 bits per heavy atom. The molecule has 29 heavy (non-hydrogen) atoms. The maximum Gasteiger partial charge on any atom is 0.411 e. The van der Waals surface area contributed by atoms with Crippen LogP contribution in [-0.2, 0) is 11.3 Å². The van der Waals surface area contributed by atoms with Crippen LogP contribution in [0.1, 0.15) is 36.5 Å². The maximum absolute atomic E-state index is 12.9. The SMILES string of the molecule is Cc1nc2c(c(N3CCC3)n1)[C@@H](C)N(C(=O)OC1CN(c3cncc(Cl)c3)C1)C2. The van der Waals surface area contributed by atoms with E-state index in [2.05, 4.69) is 24.8 Å². The van der Waals surface area contributed by atoms with Crippen molar-refractivity contribution in [1.82, 2.24) is 19.9 Å². The molecule has 2 fully saturated rings. The zero-order valence-corrected chi connectivity index (χ0v) is 17.3. The highest BCUT2D eigenvalue weighted by atomic mass is 35.5. The van der Waals surface area contributed by atoms with Crippen molar-refractivity contribution in [2.24, 2.45) is 0 Å². The van der Waals surface area contributed by atoms with Crippen LogP contribution < -0.4 is 9.80 Å². The molecular weight excluding hydrogens is 392 g/mol. The number of hydrogen-bond donors (Lipinski definition) is 0. The first-order valence-electron chi connectivity index (χ1n) is 9.94. The molecule has 0 aliphatic carbocycles. The smallest absolute Gasteiger partial charge is 0.411 e. The second kappa shape index (κ2) is 7.02. The lowest BCUT2D eigenvalue weighted by atomic mass is 10.1. The Morgan fingerprint density at radius 2 is 2.00 bits per heavy atom. The van der Waals surface area contributed by atoms with E-state index in [1.165, 1.54) is 6.42 Å². The van der Waals surface area contributed by atoms with Gasteiger partial charge in [-0.25, -0.2) is 14.8 Å². The number of nitrogens with zero attached hydrogens (tertiary/aromatic N) is 6. The lowest BCUT2D eigenvalue weighted by Gasteiger charge is -2.40. The van der Waals surface area contributed by atoms with Crippen LogP contribution in [0.3, 0.4) is 0 Å². The van der Waals surface area contributed by atoms with Gasteiger partial charge >= 0.3 is 6.09 Å². The van der Waals surface area contributed by atoms with Gasteiger partial charge in [-0.15, -0.1) is 0 Å². The second-order valence-electron chi connectivity index (χ2n) is 7.87. The molecule has 1 amide bonds. The minimum absolute atomic E-state index is 0.0954. The van der Waals surface area contributed by atoms with Crippen molar-refractivity contribution in [2.75, 3.05) is 36.0 Å². The third-order valence-corrected chi connectivity index (χ3v) is 6.09. The summed E-state index contributed by atoms with van der Waals surface area (Å²) in [6, 6.07) is 1.77. The molecule has 5 heterocycles. The number of carbonyl (C=O) groups is 1. The zero-order chi connectivity index (χ0) is 20.1. The molecule has 0 N–H and O–H groups in total. The van der Waals surface area contributed by atoms with Gasteiger partial charge in [-0.3, -0.25) is 9.88 Å². The topological polar surface area (TPSA) is 74.7 Å². The first-order chi connectivity index (χ1) is 14.0. The van der Waals surface area contributed by atoms with Gasteiger partial charge in [0.2, 0.25) is 0 Å². The third-order valence-electron chi connectivity index (χ3n) is 5.88. The number of aromatic nitrogens is 3. The lowest BCUT2D eigenvalue weighted by Crippen LogP contribution is -2.54. The number of aryl methyl sites for hydroxylation is 1. The number of rotatable bonds is 3. The van der Waals surface area contributed by atoms with Crippen LogP contribution in [0.25, 0.3) is 0 Å². The van der Waals surface area contributed by atoms with Crippen LogP contribution in [-0.4, -0.2) is 58.2 Å². The number of ether oxygens (including phenoxy) is 1. The minimum Gasteiger partial charge on any atom is -0.442 e. The van der Waals surface area contributed by atoms with E-state index >= 15 is 0 Å². The summed E-state index contributed by atoms with van der Waals surface area (Å²) in [5.74, 6) is 1.72. The summed E-state index contributed by atoms with van der Waals surface area (Å²) in [5, 5.41) is 0.598. The molecular formula is C20H23ClN6O2. The summed E-state index contributed by atoms with van der Waals surface area (Å²) >= 11 is 6.00. The highest BCUT2D eigenvalue weighted by Crippen LogP contribution is 2.39. The van der Waals surface area contributed by atoms with Crippen LogP contribution >= 0.6 is 11.6 Å². The highest BCUT2D eigenvalue weighted by molar-refractivity contribution is 6.30. The van der Waals surface area contributed by atoms with E-state index in [1.54, 1.807) is 17.3 Å². The average Bonchev–Trinajstić information content (AvgIpc) is 2.92. The Hall–Kier alpha value is -2.61. The summed E-state index contributed by atoms with van der Waals surface area (Å²) in [7, 11) is 0. The molecule has 0 saturated carbocycles. The van der Waals surface area contributed by atoms with Crippen molar-refractivity contribution >= 4 is 29.2 Å². The predicted octanol–water partition coefficient (Wildman–Crippen LogP) is 2.95. The molecule has 0 radical (unpaired) electrons. The molecule has 0 bridgehead atoms. The summed E-state index contributed by atoms with van der Waals surface area (Å²) in [4.78, 5) is 32.3. The standard InChI is InChI=1S/C20H23ClN6O2/c1-12-18-17(23-13(2)24-19(18)25-4-3-5-25)11-27(12)20(28)29-16-9-26(10-16)15-6-14(21)7-22-8-15/h6-8,12,16H,3-5,9-11H2,1-2H3/t12-/m1/s1. The van der Waals surface area contributed by atoms with Gasteiger partial charge in [0.25, 0.3) is 0 Å². The van der Waals surface area contributed by atoms with Crippen molar-refractivity contribution < 1.29 is 9.53 Å². The van der Waals surface area contributed by atoms with Gasteiger partial charge in [0.05, 0.1) is 48.3 Å². The number of pyridine rings is 1. The molecule has 2 saturated heterocycles. The monoisotopic (exact) mass is 414 g/mol. The van der Waals surface area contributed by atoms with E-state index in [9.17, 15) is 4.79 Å². The Morgan fingerprint density at radius 1 is 1.21 bits per heavy atom. The predicted molar refractivity (Wildman–Crippen MR) is 109 cm³/mol. The van der Waals surface area contributed by atoms with Crippen molar-refractivity contribution in [3.05, 3.63) is 40.6 Å². The summed E-state index contributed by atoms with van der Waals surface area (Å²) in [6.07, 6.45) is 4.12. The minimum atomic E-state index is -0.295. The molecule has 8 nitrogen and oxygen atoms in total. The largest absolute Gasteiger partial charge is 0.442 e. The zero-order valence-electron chi connectivity index (χ0n) is 16.5. The van der Waals surface area contributed by atoms with E-state index in [1.807, 2.05) is 19.9 Å². The van der Waals surface area contributed by atoms with Crippen LogP contribution in [0.2, 0.25) is 5.02 Å². The first-order valence-corrected chi connectivity index (χ1v) is 10.3. The fraction of sp³-hybridized carbons (Fsp3) is 0.500. The number of fused-ring (bicyclic) bond motifs is 1. The van der Waals surface area contributed by atoms with Crippen LogP contribution in [0, 0.1) is 6.92 Å². The van der Waals surface area contributed by atoms with Gasteiger partial charge in [0.1, 0.15) is 17.7 Å². The summed E-state index contributed by atoms with van der Waals surface area (Å²) in [6.45, 7) is 7.70. The number of halogens is 1. The van der Waals surface area contributed by atoms with E-state index in [0.717, 1.165) is 41.7 Å². The lowest BCUT2D eigenvalue weighted by molar-refractivity contribution is 0.0426. The van der Waals surface area contributed by atoms with Gasteiger partial charge in [-0.05, 0) is 26.3 Å². The number of amides is 1. The molecule has 0 unspecified atom stereocenters. The van der Waals surface area contributed by atoms with E-state index in [0.29, 0.717) is 24.7 Å². The first kappa shape index (κ1) is 18.4. The van der Waals surface area contributed by atoms with Crippen molar-refractivity contribution in [3.8, 4) is 0 Å². The van der Waals surface area contributed by atoms with Crippen LogP contribution in [0.15, 0.2) is 18.5 Å². The van der Waals surface area contributed by atoms with Crippen LogP contribution in [0.4, 0.5) is 16.3 Å². The molecule has 9 heteroatoms. The molecule has 2 aromatic rings. The maximum atomic E-state index is 12.9. The summed E-state index contributed by atoms with van der Waals surface area (Å²) < 4.78 is 5.75. The van der Waals surface area contributed by atoms with Gasteiger partial charge in [-0.2, -0.15) is 0 Å². The number of anilines is 2. The molecule has 1 atom stereocenters.